The molecule has 1 atom stereocenters. The SMILES string of the molecule is COCCCC(=O)CC(C)COC. The molecule has 0 aliphatic heterocycles. The molecule has 1 unspecified atom stereocenters. The van der Waals surface area contributed by atoms with Gasteiger partial charge in [0.05, 0.1) is 0 Å². The van der Waals surface area contributed by atoms with E-state index in [9.17, 15) is 4.79 Å². The van der Waals surface area contributed by atoms with Crippen LogP contribution in [0.1, 0.15) is 26.2 Å². The lowest BCUT2D eigenvalue weighted by Gasteiger charge is -2.08. The molecule has 0 spiro atoms. The van der Waals surface area contributed by atoms with Crippen LogP contribution in [0.2, 0.25) is 0 Å². The topological polar surface area (TPSA) is 35.5 Å². The van der Waals surface area contributed by atoms with Crippen molar-refractivity contribution in [2.45, 2.75) is 26.2 Å². The summed E-state index contributed by atoms with van der Waals surface area (Å²) in [6.07, 6.45) is 2.08. The fourth-order valence-electron chi connectivity index (χ4n) is 1.25. The van der Waals surface area contributed by atoms with Crippen LogP contribution in [-0.4, -0.2) is 33.2 Å². The monoisotopic (exact) mass is 188 g/mol. The second-order valence-corrected chi connectivity index (χ2v) is 3.40. The third-order valence-corrected chi connectivity index (χ3v) is 1.83. The van der Waals surface area contributed by atoms with Gasteiger partial charge in [-0.2, -0.15) is 0 Å². The van der Waals surface area contributed by atoms with Crippen LogP contribution in [0.4, 0.5) is 0 Å². The molecule has 13 heavy (non-hydrogen) atoms. The van der Waals surface area contributed by atoms with Crippen LogP contribution in [0, 0.1) is 5.92 Å². The van der Waals surface area contributed by atoms with Crippen molar-refractivity contribution in [1.29, 1.82) is 0 Å². The number of Topliss-reactive ketones (excluding diaryl/α,β-unsaturated/α-hetero) is 1. The van der Waals surface area contributed by atoms with Crippen LogP contribution in [0.3, 0.4) is 0 Å². The molecule has 0 aliphatic rings. The lowest BCUT2D eigenvalue weighted by Crippen LogP contribution is -2.10. The van der Waals surface area contributed by atoms with E-state index in [1.165, 1.54) is 0 Å². The zero-order valence-corrected chi connectivity index (χ0v) is 8.84. The number of rotatable bonds is 8. The quantitative estimate of drug-likeness (QED) is 0.543. The predicted molar refractivity (Wildman–Crippen MR) is 51.8 cm³/mol. The fourth-order valence-corrected chi connectivity index (χ4v) is 1.25. The van der Waals surface area contributed by atoms with Crippen LogP contribution in [0.15, 0.2) is 0 Å². The maximum Gasteiger partial charge on any atom is 0.133 e. The minimum atomic E-state index is 0.307. The normalized spacial score (nSPS) is 12.8. The molecule has 0 aromatic rings. The third kappa shape index (κ3) is 7.94. The number of hydrogen-bond donors (Lipinski definition) is 0. The molecule has 0 heterocycles. The van der Waals surface area contributed by atoms with Crippen molar-refractivity contribution >= 4 is 5.78 Å². The smallest absolute Gasteiger partial charge is 0.133 e. The van der Waals surface area contributed by atoms with E-state index in [1.807, 2.05) is 6.92 Å². The number of ketones is 1. The average molecular weight is 188 g/mol. The number of methoxy groups -OCH3 is 2. The Morgan fingerprint density at radius 3 is 2.54 bits per heavy atom. The van der Waals surface area contributed by atoms with Crippen molar-refractivity contribution in [2.24, 2.45) is 5.92 Å². The first-order chi connectivity index (χ1) is 6.20. The third-order valence-electron chi connectivity index (χ3n) is 1.83. The summed E-state index contributed by atoms with van der Waals surface area (Å²) in [4.78, 5) is 11.3. The van der Waals surface area contributed by atoms with Gasteiger partial charge in [-0.05, 0) is 12.3 Å². The summed E-state index contributed by atoms with van der Waals surface area (Å²) in [6, 6.07) is 0. The van der Waals surface area contributed by atoms with Gasteiger partial charge in [0.25, 0.3) is 0 Å². The van der Waals surface area contributed by atoms with Gasteiger partial charge in [-0.25, -0.2) is 0 Å². The largest absolute Gasteiger partial charge is 0.385 e. The summed E-state index contributed by atoms with van der Waals surface area (Å²) < 4.78 is 9.82. The highest BCUT2D eigenvalue weighted by Crippen LogP contribution is 2.06. The Hall–Kier alpha value is -0.410. The molecule has 0 saturated heterocycles. The molecule has 0 aliphatic carbocycles. The van der Waals surface area contributed by atoms with Crippen molar-refractivity contribution in [3.05, 3.63) is 0 Å². The van der Waals surface area contributed by atoms with Gasteiger partial charge in [0.15, 0.2) is 0 Å². The molecule has 0 rings (SSSR count). The number of hydrogen-bond acceptors (Lipinski definition) is 3. The summed E-state index contributed by atoms with van der Waals surface area (Å²) >= 11 is 0. The van der Waals surface area contributed by atoms with Crippen LogP contribution in [-0.2, 0) is 14.3 Å². The molecule has 78 valence electrons. The minimum Gasteiger partial charge on any atom is -0.385 e. The molecule has 0 aromatic carbocycles. The average Bonchev–Trinajstić information content (AvgIpc) is 2.05. The van der Waals surface area contributed by atoms with E-state index in [4.69, 9.17) is 9.47 Å². The Morgan fingerprint density at radius 2 is 2.00 bits per heavy atom. The van der Waals surface area contributed by atoms with E-state index in [0.29, 0.717) is 37.8 Å². The highest BCUT2D eigenvalue weighted by molar-refractivity contribution is 5.78. The highest BCUT2D eigenvalue weighted by atomic mass is 16.5. The van der Waals surface area contributed by atoms with Gasteiger partial charge < -0.3 is 9.47 Å². The van der Waals surface area contributed by atoms with E-state index in [2.05, 4.69) is 0 Å². The van der Waals surface area contributed by atoms with Gasteiger partial charge in [0.2, 0.25) is 0 Å². The second-order valence-electron chi connectivity index (χ2n) is 3.40. The highest BCUT2D eigenvalue weighted by Gasteiger charge is 2.08. The first-order valence-electron chi connectivity index (χ1n) is 4.70. The van der Waals surface area contributed by atoms with Crippen LogP contribution in [0.5, 0.6) is 0 Å². The molecule has 0 aromatic heterocycles. The standard InChI is InChI=1S/C10H20O3/c1-9(8-13-3)7-10(11)5-4-6-12-2/h9H,4-8H2,1-3H3. The van der Waals surface area contributed by atoms with Crippen molar-refractivity contribution in [3.63, 3.8) is 0 Å². The van der Waals surface area contributed by atoms with E-state index in [0.717, 1.165) is 6.42 Å². The maximum atomic E-state index is 11.3. The van der Waals surface area contributed by atoms with Crippen molar-refractivity contribution in [1.82, 2.24) is 0 Å². The van der Waals surface area contributed by atoms with E-state index < -0.39 is 0 Å². The van der Waals surface area contributed by atoms with Crippen LogP contribution >= 0.6 is 0 Å². The Bertz CT molecular complexity index is 134. The molecule has 0 fully saturated rings. The van der Waals surface area contributed by atoms with Gasteiger partial charge in [0, 0.05) is 40.3 Å². The first kappa shape index (κ1) is 12.6. The zero-order valence-electron chi connectivity index (χ0n) is 8.84. The minimum absolute atomic E-state index is 0.307. The van der Waals surface area contributed by atoms with Crippen LogP contribution in [0.25, 0.3) is 0 Å². The van der Waals surface area contributed by atoms with E-state index in [1.54, 1.807) is 14.2 Å². The van der Waals surface area contributed by atoms with Crippen molar-refractivity contribution in [3.8, 4) is 0 Å². The number of ether oxygens (including phenoxy) is 2. The van der Waals surface area contributed by atoms with Crippen LogP contribution < -0.4 is 0 Å². The summed E-state index contributed by atoms with van der Waals surface area (Å²) in [5, 5.41) is 0. The van der Waals surface area contributed by atoms with Gasteiger partial charge in [0.1, 0.15) is 5.78 Å². The number of carbonyl (C=O) groups excluding carboxylic acids is 1. The zero-order chi connectivity index (χ0) is 10.1. The summed E-state index contributed by atoms with van der Waals surface area (Å²) in [7, 11) is 3.31. The molecule has 0 bridgehead atoms. The van der Waals surface area contributed by atoms with Crippen molar-refractivity contribution < 1.29 is 14.3 Å². The number of carbonyl (C=O) groups is 1. The summed E-state index contributed by atoms with van der Waals surface area (Å²) in [5.74, 6) is 0.640. The van der Waals surface area contributed by atoms with Gasteiger partial charge in [-0.3, -0.25) is 4.79 Å². The molecule has 3 heteroatoms. The van der Waals surface area contributed by atoms with E-state index >= 15 is 0 Å². The molecule has 0 radical (unpaired) electrons. The lowest BCUT2D eigenvalue weighted by atomic mass is 10.0. The Morgan fingerprint density at radius 1 is 1.31 bits per heavy atom. The van der Waals surface area contributed by atoms with Gasteiger partial charge in [-0.1, -0.05) is 6.92 Å². The maximum absolute atomic E-state index is 11.3. The Balaban J connectivity index is 3.38. The molecule has 0 N–H and O–H groups in total. The van der Waals surface area contributed by atoms with Crippen molar-refractivity contribution in [2.75, 3.05) is 27.4 Å². The fraction of sp³-hybridized carbons (Fsp3) is 0.900. The Labute approximate surface area is 80.4 Å². The second kappa shape index (κ2) is 8.20. The predicted octanol–water partition coefficient (Wildman–Crippen LogP) is 1.65. The molecular formula is C10H20O3. The van der Waals surface area contributed by atoms with Gasteiger partial charge in [-0.15, -0.1) is 0 Å². The molecular weight excluding hydrogens is 168 g/mol. The summed E-state index contributed by atoms with van der Waals surface area (Å²) in [6.45, 7) is 3.36. The summed E-state index contributed by atoms with van der Waals surface area (Å²) in [5.41, 5.74) is 0. The molecule has 0 saturated carbocycles. The van der Waals surface area contributed by atoms with Gasteiger partial charge >= 0.3 is 0 Å². The van der Waals surface area contributed by atoms with E-state index in [-0.39, 0.29) is 0 Å². The first-order valence-corrected chi connectivity index (χ1v) is 4.70. The Kier molecular flexibility index (Phi) is 7.94. The molecule has 3 nitrogen and oxygen atoms in total. The molecule has 0 amide bonds. The lowest BCUT2D eigenvalue weighted by molar-refractivity contribution is -0.120.